The Kier molecular flexibility index (Phi) is 9.06. The molecule has 2 aromatic rings. The van der Waals surface area contributed by atoms with Crippen molar-refractivity contribution in [2.75, 3.05) is 50.3 Å². The van der Waals surface area contributed by atoms with Crippen LogP contribution in [-0.2, 0) is 19.6 Å². The second-order valence-electron chi connectivity index (χ2n) is 7.75. The van der Waals surface area contributed by atoms with Crippen LogP contribution in [-0.4, -0.2) is 59.1 Å². The molecule has 0 spiro atoms. The van der Waals surface area contributed by atoms with E-state index in [-0.39, 0.29) is 29.0 Å². The molecule has 0 bridgehead atoms. The number of nitrogens with one attached hydrogen (secondary N) is 3. The third-order valence-corrected chi connectivity index (χ3v) is 6.15. The first-order valence-electron chi connectivity index (χ1n) is 10.2. The molecule has 2 amide bonds. The number of methoxy groups -OCH3 is 1. The van der Waals surface area contributed by atoms with Crippen molar-refractivity contribution in [2.45, 2.75) is 18.7 Å². The van der Waals surface area contributed by atoms with Gasteiger partial charge in [-0.2, -0.15) is 0 Å². The highest BCUT2D eigenvalue weighted by Crippen LogP contribution is 2.28. The number of carbonyl (C=O) groups is 2. The fourth-order valence-electron chi connectivity index (χ4n) is 2.64. The van der Waals surface area contributed by atoms with Gasteiger partial charge in [0, 0.05) is 31.2 Å². The molecule has 0 fully saturated rings. The summed E-state index contributed by atoms with van der Waals surface area (Å²) in [4.78, 5) is 24.2. The van der Waals surface area contributed by atoms with E-state index in [1.807, 2.05) is 13.8 Å². The molecule has 11 heteroatoms. The van der Waals surface area contributed by atoms with Gasteiger partial charge in [-0.05, 0) is 42.3 Å². The average molecular weight is 479 g/mol. The van der Waals surface area contributed by atoms with E-state index in [1.165, 1.54) is 33.3 Å². The van der Waals surface area contributed by atoms with Crippen LogP contribution >= 0.6 is 0 Å². The maximum Gasteiger partial charge on any atom is 0.411 e. The zero-order valence-electron chi connectivity index (χ0n) is 19.3. The van der Waals surface area contributed by atoms with E-state index in [1.54, 1.807) is 30.3 Å². The lowest BCUT2D eigenvalue weighted by atomic mass is 10.2. The average Bonchev–Trinajstić information content (AvgIpc) is 2.76. The van der Waals surface area contributed by atoms with Crippen LogP contribution in [0.5, 0.6) is 5.75 Å². The predicted octanol–water partition coefficient (Wildman–Crippen LogP) is 3.20. The number of hydrogen-bond acceptors (Lipinski definition) is 7. The van der Waals surface area contributed by atoms with Crippen LogP contribution in [0.25, 0.3) is 0 Å². The lowest BCUT2D eigenvalue weighted by Crippen LogP contribution is -2.24. The summed E-state index contributed by atoms with van der Waals surface area (Å²) in [6.07, 6.45) is -0.554. The summed E-state index contributed by atoms with van der Waals surface area (Å²) in [6, 6.07) is 11.2. The number of ether oxygens (including phenoxy) is 2. The van der Waals surface area contributed by atoms with Crippen LogP contribution < -0.4 is 20.7 Å². The summed E-state index contributed by atoms with van der Waals surface area (Å²) in [5.41, 5.74) is 1.44. The summed E-state index contributed by atoms with van der Waals surface area (Å²) in [6.45, 7) is 4.11. The third kappa shape index (κ3) is 7.65. The quantitative estimate of drug-likeness (QED) is 0.479. The monoisotopic (exact) mass is 478 g/mol. The Labute approximate surface area is 194 Å². The Morgan fingerprint density at radius 2 is 1.67 bits per heavy atom. The van der Waals surface area contributed by atoms with Crippen LogP contribution in [0.2, 0.25) is 0 Å². The summed E-state index contributed by atoms with van der Waals surface area (Å²) in [5.74, 6) is 0.0196. The van der Waals surface area contributed by atoms with Crippen LogP contribution in [0.15, 0.2) is 47.4 Å². The summed E-state index contributed by atoms with van der Waals surface area (Å²) >= 11 is 0. The summed E-state index contributed by atoms with van der Waals surface area (Å²) < 4.78 is 36.3. The van der Waals surface area contributed by atoms with Gasteiger partial charge in [0.25, 0.3) is 0 Å². The van der Waals surface area contributed by atoms with Crippen LogP contribution in [0.3, 0.4) is 0 Å². The smallest absolute Gasteiger partial charge is 0.411 e. The second-order valence-corrected chi connectivity index (χ2v) is 9.87. The minimum atomic E-state index is -3.76. The zero-order chi connectivity index (χ0) is 24.6. The first kappa shape index (κ1) is 25.9. The molecule has 33 heavy (non-hydrogen) atoms. The maximum absolute atomic E-state index is 12.5. The third-order valence-electron chi connectivity index (χ3n) is 4.32. The molecule has 0 saturated heterocycles. The first-order chi connectivity index (χ1) is 15.5. The molecule has 0 heterocycles. The fourth-order valence-corrected chi connectivity index (χ4v) is 3.72. The highest BCUT2D eigenvalue weighted by molar-refractivity contribution is 7.89. The van der Waals surface area contributed by atoms with Gasteiger partial charge in [-0.1, -0.05) is 19.9 Å². The van der Waals surface area contributed by atoms with E-state index in [9.17, 15) is 18.0 Å². The van der Waals surface area contributed by atoms with Crippen molar-refractivity contribution in [3.63, 3.8) is 0 Å². The van der Waals surface area contributed by atoms with E-state index in [4.69, 9.17) is 9.47 Å². The molecular weight excluding hydrogens is 448 g/mol. The summed E-state index contributed by atoms with van der Waals surface area (Å²) in [5, 5.41) is 8.25. The summed E-state index contributed by atoms with van der Waals surface area (Å²) in [7, 11) is 0.441. The van der Waals surface area contributed by atoms with Crippen molar-refractivity contribution in [1.29, 1.82) is 0 Å². The van der Waals surface area contributed by atoms with Gasteiger partial charge in [-0.3, -0.25) is 10.1 Å². The lowest BCUT2D eigenvalue weighted by molar-refractivity contribution is -0.114. The van der Waals surface area contributed by atoms with Crippen LogP contribution in [0.1, 0.15) is 13.8 Å². The van der Waals surface area contributed by atoms with E-state index < -0.39 is 16.1 Å². The zero-order valence-corrected chi connectivity index (χ0v) is 20.2. The molecule has 3 N–H and O–H groups in total. The number of sulfonamides is 1. The Bertz CT molecular complexity index is 1090. The molecule has 180 valence electrons. The van der Waals surface area contributed by atoms with Gasteiger partial charge in [0.15, 0.2) is 0 Å². The minimum Gasteiger partial charge on any atom is -0.495 e. The largest absolute Gasteiger partial charge is 0.495 e. The number of carbonyl (C=O) groups excluding carboxylic acids is 2. The van der Waals surface area contributed by atoms with Crippen molar-refractivity contribution in [1.82, 2.24) is 4.31 Å². The van der Waals surface area contributed by atoms with Gasteiger partial charge in [0.1, 0.15) is 10.6 Å². The predicted molar refractivity (Wildman–Crippen MR) is 127 cm³/mol. The minimum absolute atomic E-state index is 0.0520. The molecule has 0 aliphatic rings. The van der Waals surface area contributed by atoms with Gasteiger partial charge < -0.3 is 20.1 Å². The Morgan fingerprint density at radius 1 is 1.00 bits per heavy atom. The van der Waals surface area contributed by atoms with E-state index in [2.05, 4.69) is 16.0 Å². The Morgan fingerprint density at radius 3 is 2.30 bits per heavy atom. The number of benzene rings is 2. The molecule has 0 saturated carbocycles. The van der Waals surface area contributed by atoms with E-state index in [0.717, 1.165) is 4.31 Å². The standard InChI is InChI=1S/C22H30N4O6S/c1-15(2)14-32-22(28)25-17-8-6-7-16(11-17)23-13-21(27)24-18-9-10-19(31-5)20(12-18)33(29,30)26(3)4/h6-12,15,23H,13-14H2,1-5H3,(H,24,27)(H,25,28). The topological polar surface area (TPSA) is 126 Å². The fraction of sp³-hybridized carbons (Fsp3) is 0.364. The van der Waals surface area contributed by atoms with Crippen molar-refractivity contribution < 1.29 is 27.5 Å². The Balaban J connectivity index is 2.00. The molecule has 10 nitrogen and oxygen atoms in total. The number of hydrogen-bond donors (Lipinski definition) is 3. The SMILES string of the molecule is COc1ccc(NC(=O)CNc2cccc(NC(=O)OCC(C)C)c2)cc1S(=O)(=O)N(C)C. The molecule has 0 aliphatic heterocycles. The van der Waals surface area contributed by atoms with Crippen molar-refractivity contribution >= 4 is 39.1 Å². The molecule has 0 aliphatic carbocycles. The molecular formula is C22H30N4O6S. The number of rotatable bonds is 10. The normalized spacial score (nSPS) is 11.2. The van der Waals surface area contributed by atoms with Gasteiger partial charge in [0.05, 0.1) is 20.3 Å². The van der Waals surface area contributed by atoms with E-state index in [0.29, 0.717) is 23.7 Å². The lowest BCUT2D eigenvalue weighted by Gasteiger charge is -2.16. The Hall–Kier alpha value is -3.31. The first-order valence-corrected chi connectivity index (χ1v) is 11.6. The molecule has 0 aromatic heterocycles. The second kappa shape index (κ2) is 11.5. The van der Waals surface area contributed by atoms with Gasteiger partial charge in [0.2, 0.25) is 15.9 Å². The van der Waals surface area contributed by atoms with Gasteiger partial charge in [-0.15, -0.1) is 0 Å². The highest BCUT2D eigenvalue weighted by atomic mass is 32.2. The van der Waals surface area contributed by atoms with Crippen molar-refractivity contribution in [2.24, 2.45) is 5.92 Å². The maximum atomic E-state index is 12.5. The number of anilines is 3. The highest BCUT2D eigenvalue weighted by Gasteiger charge is 2.23. The van der Waals surface area contributed by atoms with Crippen molar-refractivity contribution in [3.05, 3.63) is 42.5 Å². The van der Waals surface area contributed by atoms with Gasteiger partial charge >= 0.3 is 6.09 Å². The van der Waals surface area contributed by atoms with Crippen molar-refractivity contribution in [3.8, 4) is 5.75 Å². The number of nitrogens with zero attached hydrogens (tertiary/aromatic N) is 1. The van der Waals surface area contributed by atoms with Gasteiger partial charge in [-0.25, -0.2) is 17.5 Å². The molecule has 0 atom stereocenters. The van der Waals surface area contributed by atoms with E-state index >= 15 is 0 Å². The molecule has 2 rings (SSSR count). The van der Waals surface area contributed by atoms with Crippen LogP contribution in [0.4, 0.5) is 21.9 Å². The molecule has 0 unspecified atom stereocenters. The molecule has 2 aromatic carbocycles. The van der Waals surface area contributed by atoms with Crippen LogP contribution in [0, 0.1) is 5.92 Å². The number of amides is 2. The molecule has 0 radical (unpaired) electrons.